The van der Waals surface area contributed by atoms with Gasteiger partial charge < -0.3 is 0 Å². The summed E-state index contributed by atoms with van der Waals surface area (Å²) in [6.45, 7) is 0. The lowest BCUT2D eigenvalue weighted by molar-refractivity contribution is 0.591. The van der Waals surface area contributed by atoms with Crippen LogP contribution in [0, 0.1) is 0 Å². The molecule has 0 aromatic heterocycles. The van der Waals surface area contributed by atoms with Crippen LogP contribution in [0.1, 0.15) is 0 Å². The minimum Gasteiger partial charge on any atom is -0.214 e. The van der Waals surface area contributed by atoms with Crippen molar-refractivity contribution >= 4 is 30.5 Å². The van der Waals surface area contributed by atoms with Gasteiger partial charge in [0.05, 0.1) is 0 Å². The molecule has 0 aromatic carbocycles. The topological polar surface area (TPSA) is 104 Å². The van der Waals surface area contributed by atoms with Gasteiger partial charge in [0.1, 0.15) is 0 Å². The first-order valence-electron chi connectivity index (χ1n) is 3.53. The number of hydrogen-bond donors (Lipinski definition) is 1. The molecule has 1 aliphatic heterocycles. The summed E-state index contributed by atoms with van der Waals surface area (Å²) in [5.74, 6) is 0. The fraction of sp³-hybridized carbons (Fsp3) is 1.00. The first-order valence-corrected chi connectivity index (χ1v) is 7.80. The molecular formula is C3H10FN5O3S3. The number of nitrogens with one attached hydrogen (secondary N) is 1. The zero-order valence-corrected chi connectivity index (χ0v) is 10.6. The Kier molecular flexibility index (Phi) is 3.08. The highest BCUT2D eigenvalue weighted by Crippen LogP contribution is 2.19. The number of hydrogen-bond acceptors (Lipinski definition) is 3. The molecule has 90 valence electrons. The summed E-state index contributed by atoms with van der Waals surface area (Å²) in [5, 5.41) is 0. The lowest BCUT2D eigenvalue weighted by Gasteiger charge is -2.15. The van der Waals surface area contributed by atoms with E-state index in [1.807, 2.05) is 0 Å². The van der Waals surface area contributed by atoms with Gasteiger partial charge in [-0.1, -0.05) is 11.3 Å². The molecular weight excluding hydrogens is 269 g/mol. The molecule has 0 saturated carbocycles. The second-order valence-corrected chi connectivity index (χ2v) is 8.36. The van der Waals surface area contributed by atoms with Crippen molar-refractivity contribution in [3.8, 4) is 0 Å². The van der Waals surface area contributed by atoms with Crippen molar-refractivity contribution in [1.29, 1.82) is 0 Å². The Morgan fingerprint density at radius 3 is 2.07 bits per heavy atom. The van der Waals surface area contributed by atoms with Crippen LogP contribution in [0.15, 0.2) is 11.3 Å². The van der Waals surface area contributed by atoms with E-state index >= 15 is 0 Å². The van der Waals surface area contributed by atoms with Crippen LogP contribution < -0.4 is 4.72 Å². The minimum absolute atomic E-state index is 0.928. The van der Waals surface area contributed by atoms with Crippen molar-refractivity contribution in [2.75, 3.05) is 21.1 Å². The molecule has 3 atom stereocenters. The summed E-state index contributed by atoms with van der Waals surface area (Å²) < 4.78 is 59.4. The highest BCUT2D eigenvalue weighted by Gasteiger charge is 2.26. The molecule has 0 fully saturated rings. The predicted molar refractivity (Wildman–Crippen MR) is 55.6 cm³/mol. The van der Waals surface area contributed by atoms with Crippen molar-refractivity contribution in [3.05, 3.63) is 0 Å². The lowest BCUT2D eigenvalue weighted by atomic mass is 11.3. The number of rotatable bonds is 2. The fourth-order valence-corrected chi connectivity index (χ4v) is 6.36. The first-order chi connectivity index (χ1) is 6.63. The molecule has 1 aliphatic rings. The summed E-state index contributed by atoms with van der Waals surface area (Å²) in [6.07, 6.45) is 0. The largest absolute Gasteiger partial charge is 0.337 e. The van der Waals surface area contributed by atoms with E-state index in [2.05, 4.69) is 16.0 Å². The van der Waals surface area contributed by atoms with E-state index < -0.39 is 30.5 Å². The summed E-state index contributed by atoms with van der Waals surface area (Å²) >= 11 is 0. The molecule has 0 amide bonds. The molecule has 0 bridgehead atoms. The van der Waals surface area contributed by atoms with Crippen molar-refractivity contribution in [2.45, 2.75) is 0 Å². The summed E-state index contributed by atoms with van der Waals surface area (Å²) in [7, 11) is -8.15. The van der Waals surface area contributed by atoms with Crippen LogP contribution in [0.2, 0.25) is 0 Å². The third-order valence-electron chi connectivity index (χ3n) is 1.32. The standard InChI is InChI=1S/C3H10FN5O3S3/c1-5-14(11)6-13(4,10)7-15(12,8-14)9(2)3/h1-3H3,(H,5,6,7,8,10,11,12). The van der Waals surface area contributed by atoms with Gasteiger partial charge in [-0.15, -0.1) is 3.89 Å². The molecule has 0 aromatic rings. The Hall–Kier alpha value is -0.300. The van der Waals surface area contributed by atoms with Crippen LogP contribution in [-0.4, -0.2) is 38.1 Å². The van der Waals surface area contributed by atoms with E-state index in [4.69, 9.17) is 0 Å². The molecule has 0 saturated heterocycles. The van der Waals surface area contributed by atoms with Crippen molar-refractivity contribution in [2.24, 2.45) is 11.3 Å². The molecule has 0 radical (unpaired) electrons. The van der Waals surface area contributed by atoms with Crippen LogP contribution >= 0.6 is 0 Å². The van der Waals surface area contributed by atoms with Crippen LogP contribution in [0.5, 0.6) is 0 Å². The van der Waals surface area contributed by atoms with E-state index in [0.717, 1.165) is 4.31 Å². The van der Waals surface area contributed by atoms with Gasteiger partial charge in [-0.2, -0.15) is 4.21 Å². The van der Waals surface area contributed by atoms with Gasteiger partial charge in [0.2, 0.25) is 20.2 Å². The van der Waals surface area contributed by atoms with E-state index in [-0.39, 0.29) is 0 Å². The summed E-state index contributed by atoms with van der Waals surface area (Å²) in [6, 6.07) is 0. The monoisotopic (exact) mass is 279 g/mol. The van der Waals surface area contributed by atoms with Gasteiger partial charge in [0.25, 0.3) is 0 Å². The van der Waals surface area contributed by atoms with Crippen LogP contribution in [0.4, 0.5) is 3.89 Å². The first kappa shape index (κ1) is 12.8. The number of nitrogens with zero attached hydrogens (tertiary/aromatic N) is 4. The Labute approximate surface area is 88.7 Å². The lowest BCUT2D eigenvalue weighted by Crippen LogP contribution is -2.28. The van der Waals surface area contributed by atoms with Crippen molar-refractivity contribution in [1.82, 2.24) is 9.03 Å². The fourth-order valence-electron chi connectivity index (χ4n) is 0.625. The zero-order valence-electron chi connectivity index (χ0n) is 8.12. The average molecular weight is 279 g/mol. The molecule has 1 rings (SSSR count). The minimum atomic E-state index is -4.60. The maximum atomic E-state index is 13.1. The van der Waals surface area contributed by atoms with Crippen LogP contribution in [0.3, 0.4) is 0 Å². The molecule has 3 unspecified atom stereocenters. The van der Waals surface area contributed by atoms with E-state index in [1.54, 1.807) is 0 Å². The molecule has 8 nitrogen and oxygen atoms in total. The smallest absolute Gasteiger partial charge is 0.214 e. The molecule has 12 heteroatoms. The molecule has 1 N–H and O–H groups in total. The predicted octanol–water partition coefficient (Wildman–Crippen LogP) is -0.355. The Bertz CT molecular complexity index is 613. The second kappa shape index (κ2) is 3.62. The normalized spacial score (nSPS) is 45.4. The summed E-state index contributed by atoms with van der Waals surface area (Å²) in [4.78, 5) is 0. The van der Waals surface area contributed by atoms with E-state index in [0.29, 0.717) is 0 Å². The molecule has 0 spiro atoms. The third-order valence-corrected chi connectivity index (χ3v) is 7.45. The molecule has 15 heavy (non-hydrogen) atoms. The van der Waals surface area contributed by atoms with Gasteiger partial charge >= 0.3 is 10.3 Å². The van der Waals surface area contributed by atoms with Crippen molar-refractivity contribution in [3.63, 3.8) is 0 Å². The van der Waals surface area contributed by atoms with Crippen LogP contribution in [0.25, 0.3) is 0 Å². The summed E-state index contributed by atoms with van der Waals surface area (Å²) in [5.41, 5.74) is 0. The highest BCUT2D eigenvalue weighted by atomic mass is 32.3. The van der Waals surface area contributed by atoms with Crippen LogP contribution in [-0.2, 0) is 30.5 Å². The Balaban J connectivity index is 3.74. The quantitative estimate of drug-likeness (QED) is 0.698. The van der Waals surface area contributed by atoms with E-state index in [9.17, 15) is 16.5 Å². The van der Waals surface area contributed by atoms with Crippen molar-refractivity contribution < 1.29 is 16.5 Å². The second-order valence-electron chi connectivity index (χ2n) is 2.64. The third kappa shape index (κ3) is 2.63. The van der Waals surface area contributed by atoms with Gasteiger partial charge in [0, 0.05) is 14.1 Å². The van der Waals surface area contributed by atoms with Gasteiger partial charge in [0.15, 0.2) is 0 Å². The highest BCUT2D eigenvalue weighted by molar-refractivity contribution is 8.11. The number of halogens is 1. The molecule has 0 aliphatic carbocycles. The van der Waals surface area contributed by atoms with Gasteiger partial charge in [-0.3, -0.25) is 0 Å². The zero-order chi connectivity index (χ0) is 11.9. The van der Waals surface area contributed by atoms with Gasteiger partial charge in [-0.05, 0) is 7.05 Å². The van der Waals surface area contributed by atoms with Gasteiger partial charge in [-0.25, -0.2) is 17.4 Å². The van der Waals surface area contributed by atoms with E-state index in [1.165, 1.54) is 21.1 Å². The maximum absolute atomic E-state index is 13.1. The Morgan fingerprint density at radius 1 is 1.13 bits per heavy atom. The SMILES string of the molecule is CNS1(=O)=NS(=O)(F)=NS(=O)(N(C)C)=N1. The maximum Gasteiger partial charge on any atom is 0.337 e. The average Bonchev–Trinajstić information content (AvgIpc) is 1.99. The molecule has 1 heterocycles. The Morgan fingerprint density at radius 2 is 1.67 bits per heavy atom.